The van der Waals surface area contributed by atoms with E-state index in [-0.39, 0.29) is 29.3 Å². The molecule has 0 saturated carbocycles. The van der Waals surface area contributed by atoms with Crippen LogP contribution in [0.15, 0.2) is 23.0 Å². The SMILES string of the molecule is COC(=O)C(CC(C)C)NC(=O)N1C[C@@H]2C[C@H](C1)c1cccc(=O)n1C2. The van der Waals surface area contributed by atoms with Gasteiger partial charge in [-0.1, -0.05) is 19.9 Å². The number of esters is 1. The lowest BCUT2D eigenvalue weighted by atomic mass is 9.83. The molecular weight excluding hydrogens is 334 g/mol. The molecule has 7 heteroatoms. The number of methoxy groups -OCH3 is 1. The lowest BCUT2D eigenvalue weighted by molar-refractivity contribution is -0.143. The second kappa shape index (κ2) is 7.51. The molecule has 0 aromatic carbocycles. The standard InChI is InChI=1S/C19H27N3O4/c1-12(2)7-15(18(24)26-3)20-19(25)21-9-13-8-14(11-21)16-5-4-6-17(23)22(16)10-13/h4-6,12-15H,7-11H2,1-3H3,(H,20,25)/t13-,14+,15?/m0/s1. The van der Waals surface area contributed by atoms with Crippen molar-refractivity contribution in [3.8, 4) is 0 Å². The Hall–Kier alpha value is -2.31. The number of urea groups is 1. The van der Waals surface area contributed by atoms with Crippen LogP contribution in [0, 0.1) is 11.8 Å². The Morgan fingerprint density at radius 3 is 2.73 bits per heavy atom. The zero-order chi connectivity index (χ0) is 18.8. The average molecular weight is 361 g/mol. The van der Waals surface area contributed by atoms with Gasteiger partial charge in [-0.05, 0) is 30.7 Å². The predicted molar refractivity (Wildman–Crippen MR) is 96.9 cm³/mol. The van der Waals surface area contributed by atoms with E-state index in [4.69, 9.17) is 4.74 Å². The zero-order valence-electron chi connectivity index (χ0n) is 15.6. The van der Waals surface area contributed by atoms with Crippen LogP contribution in [0.25, 0.3) is 0 Å². The van der Waals surface area contributed by atoms with E-state index in [2.05, 4.69) is 5.32 Å². The van der Waals surface area contributed by atoms with Crippen LogP contribution in [0.3, 0.4) is 0 Å². The summed E-state index contributed by atoms with van der Waals surface area (Å²) in [6.45, 7) is 5.80. The van der Waals surface area contributed by atoms with Gasteiger partial charge in [-0.3, -0.25) is 4.79 Å². The first-order chi connectivity index (χ1) is 12.4. The maximum absolute atomic E-state index is 12.8. The van der Waals surface area contributed by atoms with Crippen molar-refractivity contribution in [2.24, 2.45) is 11.8 Å². The fraction of sp³-hybridized carbons (Fsp3) is 0.632. The maximum Gasteiger partial charge on any atom is 0.328 e. The van der Waals surface area contributed by atoms with Crippen molar-refractivity contribution in [2.45, 2.75) is 45.2 Å². The lowest BCUT2D eigenvalue weighted by Gasteiger charge is -2.42. The summed E-state index contributed by atoms with van der Waals surface area (Å²) in [7, 11) is 1.34. The van der Waals surface area contributed by atoms with Gasteiger partial charge in [0, 0.05) is 37.3 Å². The number of carbonyl (C=O) groups excluding carboxylic acids is 2. The Morgan fingerprint density at radius 2 is 2.04 bits per heavy atom. The van der Waals surface area contributed by atoms with Gasteiger partial charge in [-0.15, -0.1) is 0 Å². The van der Waals surface area contributed by atoms with E-state index < -0.39 is 12.0 Å². The molecule has 2 bridgehead atoms. The zero-order valence-corrected chi connectivity index (χ0v) is 15.6. The average Bonchev–Trinajstić information content (AvgIpc) is 2.60. The molecule has 0 radical (unpaired) electrons. The van der Waals surface area contributed by atoms with E-state index in [0.717, 1.165) is 12.1 Å². The van der Waals surface area contributed by atoms with Gasteiger partial charge in [0.2, 0.25) is 0 Å². The molecule has 1 N–H and O–H groups in total. The molecule has 2 aliphatic rings. The molecule has 1 saturated heterocycles. The summed E-state index contributed by atoms with van der Waals surface area (Å²) in [6, 6.07) is 4.47. The molecule has 26 heavy (non-hydrogen) atoms. The van der Waals surface area contributed by atoms with Crippen LogP contribution < -0.4 is 10.9 Å². The number of likely N-dealkylation sites (tertiary alicyclic amines) is 1. The smallest absolute Gasteiger partial charge is 0.328 e. The first-order valence-electron chi connectivity index (χ1n) is 9.22. The van der Waals surface area contributed by atoms with Crippen molar-refractivity contribution < 1.29 is 14.3 Å². The van der Waals surface area contributed by atoms with E-state index >= 15 is 0 Å². The summed E-state index contributed by atoms with van der Waals surface area (Å²) >= 11 is 0. The molecule has 1 aromatic rings. The lowest BCUT2D eigenvalue weighted by Crippen LogP contribution is -2.54. The summed E-state index contributed by atoms with van der Waals surface area (Å²) in [4.78, 5) is 38.6. The van der Waals surface area contributed by atoms with E-state index in [9.17, 15) is 14.4 Å². The van der Waals surface area contributed by atoms with Gasteiger partial charge < -0.3 is 19.5 Å². The fourth-order valence-corrected chi connectivity index (χ4v) is 4.13. The largest absolute Gasteiger partial charge is 0.467 e. The predicted octanol–water partition coefficient (Wildman–Crippen LogP) is 1.56. The minimum atomic E-state index is -0.635. The Balaban J connectivity index is 1.72. The molecule has 142 valence electrons. The molecule has 1 unspecified atom stereocenters. The van der Waals surface area contributed by atoms with E-state index in [0.29, 0.717) is 26.1 Å². The van der Waals surface area contributed by atoms with Crippen LogP contribution in [-0.2, 0) is 16.1 Å². The van der Waals surface area contributed by atoms with Crippen molar-refractivity contribution in [3.05, 3.63) is 34.2 Å². The molecule has 2 aliphatic heterocycles. The van der Waals surface area contributed by atoms with Gasteiger partial charge in [-0.25, -0.2) is 9.59 Å². The number of hydrogen-bond donors (Lipinski definition) is 1. The fourth-order valence-electron chi connectivity index (χ4n) is 4.13. The van der Waals surface area contributed by atoms with Gasteiger partial charge in [-0.2, -0.15) is 0 Å². The van der Waals surface area contributed by atoms with Crippen molar-refractivity contribution in [1.29, 1.82) is 0 Å². The molecule has 3 rings (SSSR count). The molecule has 2 amide bonds. The van der Waals surface area contributed by atoms with Crippen LogP contribution in [0.5, 0.6) is 0 Å². The van der Waals surface area contributed by atoms with Crippen LogP contribution in [-0.4, -0.2) is 47.7 Å². The van der Waals surface area contributed by atoms with Crippen molar-refractivity contribution in [2.75, 3.05) is 20.2 Å². The summed E-state index contributed by atoms with van der Waals surface area (Å²) < 4.78 is 6.66. The van der Waals surface area contributed by atoms with Gasteiger partial charge >= 0.3 is 12.0 Å². The summed E-state index contributed by atoms with van der Waals surface area (Å²) in [5.41, 5.74) is 1.02. The number of nitrogens with zero attached hydrogens (tertiary/aromatic N) is 2. The van der Waals surface area contributed by atoms with Crippen LogP contribution >= 0.6 is 0 Å². The van der Waals surface area contributed by atoms with E-state index in [1.807, 2.05) is 24.5 Å². The third-order valence-corrected chi connectivity index (χ3v) is 5.26. The third kappa shape index (κ3) is 3.76. The molecule has 0 spiro atoms. The monoisotopic (exact) mass is 361 g/mol. The van der Waals surface area contributed by atoms with Crippen molar-refractivity contribution in [3.63, 3.8) is 0 Å². The number of rotatable bonds is 4. The Kier molecular flexibility index (Phi) is 5.34. The van der Waals surface area contributed by atoms with Crippen LogP contribution in [0.4, 0.5) is 4.79 Å². The number of aromatic nitrogens is 1. The number of fused-ring (bicyclic) bond motifs is 4. The molecule has 0 aliphatic carbocycles. The summed E-state index contributed by atoms with van der Waals surface area (Å²) in [5, 5.41) is 2.84. The van der Waals surface area contributed by atoms with Crippen LogP contribution in [0.2, 0.25) is 0 Å². The number of piperidine rings is 1. The summed E-state index contributed by atoms with van der Waals surface area (Å²) in [5.74, 6) is 0.262. The minimum absolute atomic E-state index is 0.0257. The highest BCUT2D eigenvalue weighted by Gasteiger charge is 2.37. The highest BCUT2D eigenvalue weighted by atomic mass is 16.5. The van der Waals surface area contributed by atoms with E-state index in [1.165, 1.54) is 7.11 Å². The maximum atomic E-state index is 12.8. The molecular formula is C19H27N3O4. The Morgan fingerprint density at radius 1 is 1.27 bits per heavy atom. The number of ether oxygens (including phenoxy) is 1. The van der Waals surface area contributed by atoms with Crippen LogP contribution in [0.1, 0.15) is 38.3 Å². The van der Waals surface area contributed by atoms with Crippen molar-refractivity contribution in [1.82, 2.24) is 14.8 Å². The van der Waals surface area contributed by atoms with E-state index in [1.54, 1.807) is 17.0 Å². The van der Waals surface area contributed by atoms with Gasteiger partial charge in [0.15, 0.2) is 0 Å². The number of amides is 2. The number of pyridine rings is 1. The molecule has 3 heterocycles. The minimum Gasteiger partial charge on any atom is -0.467 e. The Labute approximate surface area is 153 Å². The molecule has 7 nitrogen and oxygen atoms in total. The molecule has 1 fully saturated rings. The first kappa shape index (κ1) is 18.5. The Bertz CT molecular complexity index is 743. The normalized spacial score (nSPS) is 22.5. The summed E-state index contributed by atoms with van der Waals surface area (Å²) in [6.07, 6.45) is 1.52. The first-order valence-corrected chi connectivity index (χ1v) is 9.22. The highest BCUT2D eigenvalue weighted by molar-refractivity contribution is 5.83. The van der Waals surface area contributed by atoms with Gasteiger partial charge in [0.1, 0.15) is 6.04 Å². The van der Waals surface area contributed by atoms with Crippen molar-refractivity contribution >= 4 is 12.0 Å². The second-order valence-electron chi connectivity index (χ2n) is 7.76. The third-order valence-electron chi connectivity index (χ3n) is 5.26. The topological polar surface area (TPSA) is 80.6 Å². The molecule has 3 atom stereocenters. The highest BCUT2D eigenvalue weighted by Crippen LogP contribution is 2.34. The number of carbonyl (C=O) groups is 2. The van der Waals surface area contributed by atoms with Gasteiger partial charge in [0.05, 0.1) is 7.11 Å². The number of nitrogens with one attached hydrogen (secondary N) is 1. The second-order valence-corrected chi connectivity index (χ2v) is 7.76. The number of hydrogen-bond acceptors (Lipinski definition) is 4. The quantitative estimate of drug-likeness (QED) is 0.826. The molecule has 1 aromatic heterocycles. The van der Waals surface area contributed by atoms with Gasteiger partial charge in [0.25, 0.3) is 5.56 Å².